The van der Waals surface area contributed by atoms with E-state index in [-0.39, 0.29) is 5.56 Å². The van der Waals surface area contributed by atoms with Gasteiger partial charge in [-0.15, -0.1) is 0 Å². The molecule has 142 valence electrons. The highest BCUT2D eigenvalue weighted by Gasteiger charge is 2.12. The lowest BCUT2D eigenvalue weighted by atomic mass is 10.3. The van der Waals surface area contributed by atoms with Crippen LogP contribution >= 0.6 is 0 Å². The molecule has 0 unspecified atom stereocenters. The van der Waals surface area contributed by atoms with Gasteiger partial charge in [0, 0.05) is 18.7 Å². The smallest absolute Gasteiger partial charge is 0.266 e. The van der Waals surface area contributed by atoms with E-state index in [1.165, 1.54) is 10.7 Å². The number of fused-ring (bicyclic) bond motifs is 1. The molecule has 3 aromatic heterocycles. The molecule has 0 saturated carbocycles. The minimum atomic E-state index is -0.162. The van der Waals surface area contributed by atoms with Gasteiger partial charge < -0.3 is 13.9 Å². The van der Waals surface area contributed by atoms with Crippen LogP contribution in [0.4, 0.5) is 0 Å². The Balaban J connectivity index is 1.55. The fraction of sp³-hybridized carbons (Fsp3) is 0.200. The first kappa shape index (κ1) is 17.7. The van der Waals surface area contributed by atoms with Crippen LogP contribution in [0.2, 0.25) is 0 Å². The van der Waals surface area contributed by atoms with Crippen molar-refractivity contribution in [2.75, 3.05) is 7.11 Å². The summed E-state index contributed by atoms with van der Waals surface area (Å²) >= 11 is 0. The number of benzene rings is 1. The summed E-state index contributed by atoms with van der Waals surface area (Å²) in [5, 5.41) is 4.27. The van der Waals surface area contributed by atoms with Crippen molar-refractivity contribution in [3.63, 3.8) is 0 Å². The van der Waals surface area contributed by atoms with E-state index in [0.29, 0.717) is 47.3 Å². The molecule has 3 heterocycles. The first-order valence-electron chi connectivity index (χ1n) is 8.77. The summed E-state index contributed by atoms with van der Waals surface area (Å²) < 4.78 is 18.0. The first-order chi connectivity index (χ1) is 13.7. The molecule has 4 aromatic rings. The number of ether oxygens (including phenoxy) is 2. The number of hydrogen-bond donors (Lipinski definition) is 0. The molecule has 0 bridgehead atoms. The van der Waals surface area contributed by atoms with E-state index < -0.39 is 0 Å². The molecule has 0 aliphatic carbocycles. The van der Waals surface area contributed by atoms with Gasteiger partial charge in [0.2, 0.25) is 5.89 Å². The van der Waals surface area contributed by atoms with Crippen molar-refractivity contribution in [2.24, 2.45) is 0 Å². The van der Waals surface area contributed by atoms with E-state index in [2.05, 4.69) is 15.1 Å². The molecule has 0 atom stereocenters. The van der Waals surface area contributed by atoms with Crippen LogP contribution in [0.15, 0.2) is 57.9 Å². The van der Waals surface area contributed by atoms with Gasteiger partial charge in [-0.3, -0.25) is 9.78 Å². The van der Waals surface area contributed by atoms with E-state index in [4.69, 9.17) is 13.9 Å². The van der Waals surface area contributed by atoms with Crippen LogP contribution < -0.4 is 15.0 Å². The van der Waals surface area contributed by atoms with Crippen LogP contribution in [0, 0.1) is 0 Å². The predicted octanol–water partition coefficient (Wildman–Crippen LogP) is 3.05. The highest BCUT2D eigenvalue weighted by Crippen LogP contribution is 2.26. The summed E-state index contributed by atoms with van der Waals surface area (Å²) in [6, 6.07) is 12.1. The zero-order valence-electron chi connectivity index (χ0n) is 15.5. The Morgan fingerprint density at radius 1 is 1.11 bits per heavy atom. The second-order valence-corrected chi connectivity index (χ2v) is 6.00. The van der Waals surface area contributed by atoms with E-state index in [1.807, 2.05) is 19.1 Å². The van der Waals surface area contributed by atoms with Crippen molar-refractivity contribution in [3.05, 3.63) is 64.7 Å². The fourth-order valence-corrected chi connectivity index (χ4v) is 2.67. The molecule has 0 N–H and O–H groups in total. The van der Waals surface area contributed by atoms with Crippen LogP contribution in [0.25, 0.3) is 22.7 Å². The summed E-state index contributed by atoms with van der Waals surface area (Å²) in [6.45, 7) is 2.65. The monoisotopic (exact) mass is 378 g/mol. The fourth-order valence-electron chi connectivity index (χ4n) is 2.67. The summed E-state index contributed by atoms with van der Waals surface area (Å²) in [6.07, 6.45) is 1.65. The van der Waals surface area contributed by atoms with Crippen LogP contribution in [0.3, 0.4) is 0 Å². The number of hydrogen-bond acceptors (Lipinski definition) is 7. The molecule has 0 fully saturated rings. The molecule has 0 radical (unpaired) electrons. The maximum Gasteiger partial charge on any atom is 0.266 e. The van der Waals surface area contributed by atoms with Gasteiger partial charge >= 0.3 is 0 Å². The zero-order chi connectivity index (χ0) is 19.5. The second kappa shape index (κ2) is 7.51. The van der Waals surface area contributed by atoms with Crippen molar-refractivity contribution in [3.8, 4) is 23.1 Å². The van der Waals surface area contributed by atoms with Crippen LogP contribution in [-0.2, 0) is 13.2 Å². The normalized spacial score (nSPS) is 10.9. The minimum Gasteiger partial charge on any atom is -0.495 e. The minimum absolute atomic E-state index is 0.162. The number of rotatable bonds is 6. The van der Waals surface area contributed by atoms with Crippen molar-refractivity contribution in [1.29, 1.82) is 0 Å². The van der Waals surface area contributed by atoms with E-state index in [9.17, 15) is 4.79 Å². The molecule has 0 saturated heterocycles. The highest BCUT2D eigenvalue weighted by atomic mass is 16.5. The number of nitrogens with zero attached hydrogens (tertiary/aromatic N) is 4. The Morgan fingerprint density at radius 2 is 1.96 bits per heavy atom. The molecular weight excluding hydrogens is 360 g/mol. The van der Waals surface area contributed by atoms with Crippen molar-refractivity contribution in [2.45, 2.75) is 20.1 Å². The summed E-state index contributed by atoms with van der Waals surface area (Å²) in [4.78, 5) is 20.4. The average molecular weight is 378 g/mol. The first-order valence-corrected chi connectivity index (χ1v) is 8.77. The van der Waals surface area contributed by atoms with Gasteiger partial charge in [-0.1, -0.05) is 0 Å². The molecule has 8 nitrogen and oxygen atoms in total. The molecule has 0 aliphatic heterocycles. The molecule has 0 aliphatic rings. The summed E-state index contributed by atoms with van der Waals surface area (Å²) in [5.74, 6) is 1.70. The third kappa shape index (κ3) is 3.57. The molecule has 0 amide bonds. The van der Waals surface area contributed by atoms with Gasteiger partial charge in [-0.05, 0) is 37.3 Å². The van der Waals surface area contributed by atoms with Crippen LogP contribution in [-0.4, -0.2) is 26.9 Å². The Labute approximate surface area is 160 Å². The number of oxazole rings is 1. The molecule has 0 spiro atoms. The van der Waals surface area contributed by atoms with Gasteiger partial charge in [0.1, 0.15) is 29.3 Å². The molecule has 4 rings (SSSR count). The Bertz CT molecular complexity index is 1170. The van der Waals surface area contributed by atoms with E-state index >= 15 is 0 Å². The summed E-state index contributed by atoms with van der Waals surface area (Å²) in [7, 11) is 1.60. The predicted molar refractivity (Wildman–Crippen MR) is 102 cm³/mol. The quantitative estimate of drug-likeness (QED) is 0.509. The molecule has 8 heteroatoms. The van der Waals surface area contributed by atoms with Crippen molar-refractivity contribution in [1.82, 2.24) is 19.7 Å². The van der Waals surface area contributed by atoms with E-state index in [1.54, 1.807) is 37.6 Å². The Kier molecular flexibility index (Phi) is 4.76. The van der Waals surface area contributed by atoms with Crippen LogP contribution in [0.5, 0.6) is 11.5 Å². The lowest BCUT2D eigenvalue weighted by molar-refractivity contribution is 0.301. The number of aryl methyl sites for hydroxylation is 1. The maximum absolute atomic E-state index is 11.7. The SMILES string of the molecule is CCn1nc(-c2nc3cc(OCc4ccc(OC)cn4)ccc3o2)ccc1=O. The maximum atomic E-state index is 11.7. The third-order valence-corrected chi connectivity index (χ3v) is 4.16. The third-order valence-electron chi connectivity index (χ3n) is 4.16. The van der Waals surface area contributed by atoms with Gasteiger partial charge in [0.15, 0.2) is 5.58 Å². The largest absolute Gasteiger partial charge is 0.495 e. The van der Waals surface area contributed by atoms with Gasteiger partial charge in [0.25, 0.3) is 5.56 Å². The lowest BCUT2D eigenvalue weighted by Crippen LogP contribution is -2.21. The zero-order valence-corrected chi connectivity index (χ0v) is 15.5. The van der Waals surface area contributed by atoms with Crippen molar-refractivity contribution < 1.29 is 13.9 Å². The van der Waals surface area contributed by atoms with Gasteiger partial charge in [-0.2, -0.15) is 5.10 Å². The Hall–Kier alpha value is -3.68. The average Bonchev–Trinajstić information content (AvgIpc) is 3.16. The number of methoxy groups -OCH3 is 1. The molecule has 28 heavy (non-hydrogen) atoms. The Morgan fingerprint density at radius 3 is 2.71 bits per heavy atom. The van der Waals surface area contributed by atoms with E-state index in [0.717, 1.165) is 5.69 Å². The topological polar surface area (TPSA) is 92.3 Å². The standard InChI is InChI=1S/C20H18N4O4/c1-3-24-19(25)9-7-16(23-24)20-22-17-10-14(6-8-18(17)28-20)27-12-13-4-5-15(26-2)11-21-13/h4-11H,3,12H2,1-2H3. The van der Waals surface area contributed by atoms with Gasteiger partial charge in [-0.25, -0.2) is 9.67 Å². The lowest BCUT2D eigenvalue weighted by Gasteiger charge is -2.06. The van der Waals surface area contributed by atoms with Crippen LogP contribution in [0.1, 0.15) is 12.6 Å². The molecular formula is C20H18N4O4. The number of pyridine rings is 1. The van der Waals surface area contributed by atoms with Gasteiger partial charge in [0.05, 0.1) is 19.0 Å². The second-order valence-electron chi connectivity index (χ2n) is 6.00. The molecule has 1 aromatic carbocycles. The van der Waals surface area contributed by atoms with Crippen molar-refractivity contribution >= 4 is 11.1 Å². The summed E-state index contributed by atoms with van der Waals surface area (Å²) in [5.41, 5.74) is 2.38. The number of aromatic nitrogens is 4. The highest BCUT2D eigenvalue weighted by molar-refractivity contribution is 5.77.